The van der Waals surface area contributed by atoms with Crippen molar-refractivity contribution >= 4 is 45.0 Å². The highest BCUT2D eigenvalue weighted by Gasteiger charge is 2.39. The fourth-order valence-corrected chi connectivity index (χ4v) is 3.19. The molecule has 0 unspecified atom stereocenters. The number of amides is 2. The minimum atomic E-state index is -0.530. The molecule has 0 spiro atoms. The molecule has 0 radical (unpaired) electrons. The molecule has 3 nitrogen and oxygen atoms in total. The summed E-state index contributed by atoms with van der Waals surface area (Å²) in [5, 5.41) is 0.0354. The van der Waals surface area contributed by atoms with Gasteiger partial charge in [0.2, 0.25) is 11.8 Å². The maximum atomic E-state index is 13.2. The third-order valence-electron chi connectivity index (χ3n) is 2.96. The maximum Gasteiger partial charge on any atom is 0.234 e. The van der Waals surface area contributed by atoms with Gasteiger partial charge in [0.15, 0.2) is 0 Å². The summed E-state index contributed by atoms with van der Waals surface area (Å²) in [7, 11) is 0. The minimum Gasteiger partial charge on any atom is -0.274 e. The molecular formula is C13H12BrClFNO2. The van der Waals surface area contributed by atoms with Crippen molar-refractivity contribution in [3.63, 3.8) is 0 Å². The standard InChI is InChI=1S/C13H12BrClFNO2/c1-13(2)5-10(18)17(11(19)6-13)12-8(14)3-7(16)4-9(12)15/h3-4H,5-6H2,1-2H3. The topological polar surface area (TPSA) is 37.4 Å². The van der Waals surface area contributed by atoms with Crippen LogP contribution >= 0.6 is 27.5 Å². The number of carbonyl (C=O) groups excluding carboxylic acids is 2. The summed E-state index contributed by atoms with van der Waals surface area (Å²) in [5.74, 6) is -1.18. The summed E-state index contributed by atoms with van der Waals surface area (Å²) < 4.78 is 13.5. The number of rotatable bonds is 1. The van der Waals surface area contributed by atoms with Crippen molar-refractivity contribution in [2.75, 3.05) is 4.90 Å². The number of carbonyl (C=O) groups is 2. The van der Waals surface area contributed by atoms with Gasteiger partial charge in [-0.1, -0.05) is 25.4 Å². The van der Waals surface area contributed by atoms with Crippen molar-refractivity contribution in [1.29, 1.82) is 0 Å². The molecule has 102 valence electrons. The lowest BCUT2D eigenvalue weighted by Gasteiger charge is -2.35. The van der Waals surface area contributed by atoms with Crippen LogP contribution in [0.3, 0.4) is 0 Å². The average Bonchev–Trinajstić information content (AvgIpc) is 2.18. The number of hydrogen-bond donors (Lipinski definition) is 0. The number of anilines is 1. The average molecular weight is 349 g/mol. The van der Waals surface area contributed by atoms with Crippen molar-refractivity contribution in [1.82, 2.24) is 0 Å². The lowest BCUT2D eigenvalue weighted by molar-refractivity contribution is -0.132. The molecule has 0 aliphatic carbocycles. The molecule has 1 aliphatic heterocycles. The first-order valence-corrected chi connectivity index (χ1v) is 6.89. The zero-order chi connectivity index (χ0) is 14.4. The Morgan fingerprint density at radius 2 is 1.79 bits per heavy atom. The molecule has 1 heterocycles. The fourth-order valence-electron chi connectivity index (χ4n) is 2.18. The van der Waals surface area contributed by atoms with Crippen LogP contribution in [0.5, 0.6) is 0 Å². The normalized spacial score (nSPS) is 18.9. The molecule has 0 bridgehead atoms. The second-order valence-corrected chi connectivity index (χ2v) is 6.62. The molecule has 1 saturated heterocycles. The third-order valence-corrected chi connectivity index (χ3v) is 3.86. The third kappa shape index (κ3) is 2.82. The van der Waals surface area contributed by atoms with Crippen LogP contribution in [0.2, 0.25) is 5.02 Å². The molecular weight excluding hydrogens is 337 g/mol. The zero-order valence-corrected chi connectivity index (χ0v) is 12.8. The Morgan fingerprint density at radius 3 is 2.26 bits per heavy atom. The van der Waals surface area contributed by atoms with E-state index in [0.717, 1.165) is 11.0 Å². The van der Waals surface area contributed by atoms with E-state index in [0.29, 0.717) is 4.47 Å². The van der Waals surface area contributed by atoms with Crippen LogP contribution in [0.4, 0.5) is 10.1 Å². The first-order valence-electron chi connectivity index (χ1n) is 5.71. The molecule has 0 atom stereocenters. The first-order chi connectivity index (χ1) is 8.71. The van der Waals surface area contributed by atoms with E-state index < -0.39 is 5.82 Å². The van der Waals surface area contributed by atoms with Gasteiger partial charge in [0.1, 0.15) is 5.82 Å². The van der Waals surface area contributed by atoms with Gasteiger partial charge in [-0.05, 0) is 33.5 Å². The molecule has 0 aromatic heterocycles. The molecule has 1 fully saturated rings. The number of nitrogens with zero attached hydrogens (tertiary/aromatic N) is 1. The second kappa shape index (κ2) is 4.87. The highest BCUT2D eigenvalue weighted by Crippen LogP contribution is 2.40. The van der Waals surface area contributed by atoms with E-state index in [-0.39, 0.29) is 40.8 Å². The van der Waals surface area contributed by atoms with Crippen molar-refractivity contribution in [3.05, 3.63) is 27.4 Å². The number of halogens is 3. The van der Waals surface area contributed by atoms with Gasteiger partial charge in [-0.25, -0.2) is 9.29 Å². The van der Waals surface area contributed by atoms with Crippen molar-refractivity contribution < 1.29 is 14.0 Å². The Morgan fingerprint density at radius 1 is 1.26 bits per heavy atom. The van der Waals surface area contributed by atoms with Crippen LogP contribution in [0.1, 0.15) is 26.7 Å². The Bertz CT molecular complexity index is 531. The Hall–Kier alpha value is -0.940. The SMILES string of the molecule is CC1(C)CC(=O)N(c2c(Cl)cc(F)cc2Br)C(=O)C1. The van der Waals surface area contributed by atoms with E-state index >= 15 is 0 Å². The van der Waals surface area contributed by atoms with Gasteiger partial charge in [-0.3, -0.25) is 9.59 Å². The van der Waals surface area contributed by atoms with Gasteiger partial charge in [0, 0.05) is 17.3 Å². The fraction of sp³-hybridized carbons (Fsp3) is 0.385. The number of piperidine rings is 1. The highest BCUT2D eigenvalue weighted by atomic mass is 79.9. The Labute approximate surface area is 123 Å². The molecule has 6 heteroatoms. The van der Waals surface area contributed by atoms with E-state index in [2.05, 4.69) is 15.9 Å². The lowest BCUT2D eigenvalue weighted by Crippen LogP contribution is -2.46. The van der Waals surface area contributed by atoms with Gasteiger partial charge in [-0.15, -0.1) is 0 Å². The molecule has 2 amide bonds. The number of benzene rings is 1. The van der Waals surface area contributed by atoms with Gasteiger partial charge in [0.05, 0.1) is 10.7 Å². The van der Waals surface area contributed by atoms with Crippen LogP contribution in [-0.4, -0.2) is 11.8 Å². The van der Waals surface area contributed by atoms with E-state index in [1.54, 1.807) is 0 Å². The van der Waals surface area contributed by atoms with Crippen molar-refractivity contribution in [3.8, 4) is 0 Å². The van der Waals surface area contributed by atoms with Crippen molar-refractivity contribution in [2.45, 2.75) is 26.7 Å². The smallest absolute Gasteiger partial charge is 0.234 e. The first kappa shape index (κ1) is 14.5. The van der Waals surface area contributed by atoms with E-state index in [1.165, 1.54) is 6.07 Å². The summed E-state index contributed by atoms with van der Waals surface area (Å²) in [6.07, 6.45) is 0.498. The summed E-state index contributed by atoms with van der Waals surface area (Å²) in [5.41, 5.74) is -0.141. The van der Waals surface area contributed by atoms with Gasteiger partial charge in [0.25, 0.3) is 0 Å². The molecule has 0 N–H and O–H groups in total. The van der Waals surface area contributed by atoms with Crippen LogP contribution in [0, 0.1) is 11.2 Å². The molecule has 19 heavy (non-hydrogen) atoms. The number of imide groups is 1. The molecule has 2 rings (SSSR count). The maximum absolute atomic E-state index is 13.2. The zero-order valence-electron chi connectivity index (χ0n) is 10.5. The summed E-state index contributed by atoms with van der Waals surface area (Å²) in [6, 6.07) is 2.27. The Balaban J connectivity index is 2.48. The molecule has 1 aromatic carbocycles. The molecule has 1 aromatic rings. The predicted octanol–water partition coefficient (Wildman–Crippen LogP) is 3.92. The summed E-state index contributed by atoms with van der Waals surface area (Å²) in [4.78, 5) is 25.3. The lowest BCUT2D eigenvalue weighted by atomic mass is 9.81. The van der Waals surface area contributed by atoms with Crippen molar-refractivity contribution in [2.24, 2.45) is 5.41 Å². The van der Waals surface area contributed by atoms with Gasteiger partial charge in [-0.2, -0.15) is 0 Å². The quantitative estimate of drug-likeness (QED) is 0.721. The van der Waals surface area contributed by atoms with E-state index in [4.69, 9.17) is 11.6 Å². The highest BCUT2D eigenvalue weighted by molar-refractivity contribution is 9.10. The van der Waals surface area contributed by atoms with Gasteiger partial charge >= 0.3 is 0 Å². The van der Waals surface area contributed by atoms with Crippen LogP contribution in [-0.2, 0) is 9.59 Å². The number of hydrogen-bond acceptors (Lipinski definition) is 2. The predicted molar refractivity (Wildman–Crippen MR) is 74.6 cm³/mol. The molecule has 1 aliphatic rings. The van der Waals surface area contributed by atoms with E-state index in [1.807, 2.05) is 13.8 Å². The second-order valence-electron chi connectivity index (χ2n) is 5.36. The largest absolute Gasteiger partial charge is 0.274 e. The molecule has 0 saturated carbocycles. The van der Waals surface area contributed by atoms with Crippen LogP contribution in [0.25, 0.3) is 0 Å². The minimum absolute atomic E-state index is 0.0354. The summed E-state index contributed by atoms with van der Waals surface area (Å²) >= 11 is 9.10. The van der Waals surface area contributed by atoms with Crippen LogP contribution in [0.15, 0.2) is 16.6 Å². The Kier molecular flexibility index (Phi) is 3.71. The monoisotopic (exact) mass is 347 g/mol. The summed E-state index contributed by atoms with van der Waals surface area (Å²) in [6.45, 7) is 3.73. The van der Waals surface area contributed by atoms with Crippen LogP contribution < -0.4 is 4.90 Å². The van der Waals surface area contributed by atoms with E-state index in [9.17, 15) is 14.0 Å². The van der Waals surface area contributed by atoms with Gasteiger partial charge < -0.3 is 0 Å².